The van der Waals surface area contributed by atoms with E-state index in [0.717, 1.165) is 17.9 Å². The topological polar surface area (TPSA) is 50.2 Å². The molecule has 0 saturated carbocycles. The summed E-state index contributed by atoms with van der Waals surface area (Å²) in [7, 11) is 1.85. The summed E-state index contributed by atoms with van der Waals surface area (Å²) in [6.45, 7) is 9.09. The Hall–Kier alpha value is -1.78. The predicted octanol–water partition coefficient (Wildman–Crippen LogP) is 2.90. The molecule has 0 aliphatic carbocycles. The van der Waals surface area contributed by atoms with Crippen LogP contribution in [0.25, 0.3) is 0 Å². The molecule has 2 amide bonds. The third-order valence-electron chi connectivity index (χ3n) is 3.62. The summed E-state index contributed by atoms with van der Waals surface area (Å²) >= 11 is 0. The molecule has 0 saturated heterocycles. The molecule has 5 nitrogen and oxygen atoms in total. The molecule has 0 spiro atoms. The number of nitrogens with one attached hydrogen (secondary N) is 1. The van der Waals surface area contributed by atoms with Crippen LogP contribution in [0.3, 0.4) is 0 Å². The van der Waals surface area contributed by atoms with Gasteiger partial charge >= 0.3 is 6.03 Å². The molecule has 1 N–H and O–H groups in total. The van der Waals surface area contributed by atoms with Crippen LogP contribution >= 0.6 is 0 Å². The van der Waals surface area contributed by atoms with E-state index in [1.54, 1.807) is 4.68 Å². The Kier molecular flexibility index (Phi) is 3.88. The number of urea groups is 1. The molecule has 0 radical (unpaired) electrons. The van der Waals surface area contributed by atoms with Gasteiger partial charge in [0, 0.05) is 25.1 Å². The molecule has 0 bridgehead atoms. The van der Waals surface area contributed by atoms with Gasteiger partial charge in [0.15, 0.2) is 0 Å². The average molecular weight is 276 g/mol. The van der Waals surface area contributed by atoms with Crippen LogP contribution in [0.15, 0.2) is 18.2 Å². The Labute approximate surface area is 120 Å². The highest BCUT2D eigenvalue weighted by Gasteiger charge is 2.25. The highest BCUT2D eigenvalue weighted by Crippen LogP contribution is 2.24. The second-order valence-electron chi connectivity index (χ2n) is 6.27. The van der Waals surface area contributed by atoms with Crippen LogP contribution in [0.5, 0.6) is 0 Å². The number of nitrogens with zero attached hydrogens (tertiary/aromatic N) is 3. The van der Waals surface area contributed by atoms with Gasteiger partial charge in [-0.15, -0.1) is 0 Å². The van der Waals surface area contributed by atoms with Crippen molar-refractivity contribution >= 4 is 11.8 Å². The lowest BCUT2D eigenvalue weighted by Gasteiger charge is -2.23. The smallest absolute Gasteiger partial charge is 0.314 e. The van der Waals surface area contributed by atoms with Crippen molar-refractivity contribution in [2.45, 2.75) is 45.6 Å². The molecular formula is C15H24N4O. The van der Waals surface area contributed by atoms with E-state index in [1.165, 1.54) is 0 Å². The van der Waals surface area contributed by atoms with Gasteiger partial charge in [0.25, 0.3) is 0 Å². The van der Waals surface area contributed by atoms with Gasteiger partial charge in [-0.25, -0.2) is 4.79 Å². The number of rotatable bonds is 2. The Morgan fingerprint density at radius 1 is 1.50 bits per heavy atom. The molecule has 1 aliphatic rings. The summed E-state index contributed by atoms with van der Waals surface area (Å²) in [5.74, 6) is 0.738. The maximum absolute atomic E-state index is 12.3. The van der Waals surface area contributed by atoms with E-state index in [4.69, 9.17) is 0 Å². The van der Waals surface area contributed by atoms with Gasteiger partial charge in [0.2, 0.25) is 0 Å². The van der Waals surface area contributed by atoms with Gasteiger partial charge in [-0.05, 0) is 6.42 Å². The number of amides is 2. The second-order valence-corrected chi connectivity index (χ2v) is 6.27. The molecule has 1 aromatic rings. The first-order valence-corrected chi connectivity index (χ1v) is 7.11. The van der Waals surface area contributed by atoms with Crippen LogP contribution in [-0.4, -0.2) is 33.3 Å². The SMILES string of the molecule is CCC1C=CCN1C(=O)Nc1cc(C(C)(C)C)nn1C. The fourth-order valence-corrected chi connectivity index (χ4v) is 2.29. The van der Waals surface area contributed by atoms with E-state index in [9.17, 15) is 4.79 Å². The molecule has 110 valence electrons. The minimum absolute atomic E-state index is 0.0259. The first kappa shape index (κ1) is 14.6. The monoisotopic (exact) mass is 276 g/mol. The first-order valence-electron chi connectivity index (χ1n) is 7.11. The van der Waals surface area contributed by atoms with Gasteiger partial charge in [0.1, 0.15) is 5.82 Å². The summed E-state index contributed by atoms with van der Waals surface area (Å²) in [4.78, 5) is 14.2. The fraction of sp³-hybridized carbons (Fsp3) is 0.600. The van der Waals surface area contributed by atoms with Gasteiger partial charge in [0.05, 0.1) is 11.7 Å². The van der Waals surface area contributed by atoms with Crippen molar-refractivity contribution in [1.82, 2.24) is 14.7 Å². The van der Waals surface area contributed by atoms with E-state index in [0.29, 0.717) is 6.54 Å². The highest BCUT2D eigenvalue weighted by molar-refractivity contribution is 5.89. The van der Waals surface area contributed by atoms with E-state index in [2.05, 4.69) is 44.2 Å². The number of carbonyl (C=O) groups excluding carboxylic acids is 1. The number of hydrogen-bond acceptors (Lipinski definition) is 2. The number of aryl methyl sites for hydroxylation is 1. The Balaban J connectivity index is 2.11. The van der Waals surface area contributed by atoms with E-state index < -0.39 is 0 Å². The van der Waals surface area contributed by atoms with Crippen LogP contribution in [0.4, 0.5) is 10.6 Å². The first-order chi connectivity index (χ1) is 9.32. The quantitative estimate of drug-likeness (QED) is 0.844. The van der Waals surface area contributed by atoms with Crippen molar-refractivity contribution in [2.24, 2.45) is 7.05 Å². The number of aromatic nitrogens is 2. The molecule has 5 heteroatoms. The van der Waals surface area contributed by atoms with E-state index in [1.807, 2.05) is 24.1 Å². The molecule has 0 aromatic carbocycles. The number of carbonyl (C=O) groups is 1. The second kappa shape index (κ2) is 5.31. The Bertz CT molecular complexity index is 524. The van der Waals surface area contributed by atoms with Crippen LogP contribution in [0.1, 0.15) is 39.8 Å². The summed E-state index contributed by atoms with van der Waals surface area (Å²) < 4.78 is 1.73. The Morgan fingerprint density at radius 2 is 2.20 bits per heavy atom. The Morgan fingerprint density at radius 3 is 2.75 bits per heavy atom. The van der Waals surface area contributed by atoms with E-state index >= 15 is 0 Å². The van der Waals surface area contributed by atoms with Crippen LogP contribution in [-0.2, 0) is 12.5 Å². The lowest BCUT2D eigenvalue weighted by atomic mass is 9.92. The summed E-state index contributed by atoms with van der Waals surface area (Å²) in [6, 6.07) is 2.08. The zero-order valence-corrected chi connectivity index (χ0v) is 13.0. The predicted molar refractivity (Wildman–Crippen MR) is 80.9 cm³/mol. The van der Waals surface area contributed by atoms with Gasteiger partial charge in [-0.1, -0.05) is 39.8 Å². The lowest BCUT2D eigenvalue weighted by molar-refractivity contribution is 0.209. The largest absolute Gasteiger partial charge is 0.323 e. The average Bonchev–Trinajstić information content (AvgIpc) is 2.95. The van der Waals surface area contributed by atoms with Gasteiger partial charge < -0.3 is 4.90 Å². The van der Waals surface area contributed by atoms with Gasteiger partial charge in [-0.2, -0.15) is 5.10 Å². The molecule has 0 fully saturated rings. The zero-order valence-electron chi connectivity index (χ0n) is 13.0. The van der Waals surface area contributed by atoms with Crippen molar-refractivity contribution in [2.75, 3.05) is 11.9 Å². The minimum atomic E-state index is -0.0645. The standard InChI is InChI=1S/C15H24N4O/c1-6-11-8-7-9-19(11)14(20)16-13-10-12(15(2,3)4)17-18(13)5/h7-8,10-11H,6,9H2,1-5H3,(H,16,20). The molecular weight excluding hydrogens is 252 g/mol. The highest BCUT2D eigenvalue weighted by atomic mass is 16.2. The fourth-order valence-electron chi connectivity index (χ4n) is 2.29. The molecule has 1 aliphatic heterocycles. The van der Waals surface area contributed by atoms with Crippen molar-refractivity contribution in [1.29, 1.82) is 0 Å². The molecule has 2 heterocycles. The maximum atomic E-state index is 12.3. The normalized spacial score (nSPS) is 18.6. The third-order valence-corrected chi connectivity index (χ3v) is 3.62. The number of anilines is 1. The van der Waals surface area contributed by atoms with Crippen molar-refractivity contribution < 1.29 is 4.79 Å². The third kappa shape index (κ3) is 2.86. The van der Waals surface area contributed by atoms with E-state index in [-0.39, 0.29) is 17.5 Å². The molecule has 1 unspecified atom stereocenters. The summed E-state index contributed by atoms with van der Waals surface area (Å²) in [5.41, 5.74) is 0.948. The molecule has 20 heavy (non-hydrogen) atoms. The van der Waals surface area contributed by atoms with Crippen molar-refractivity contribution in [3.63, 3.8) is 0 Å². The molecule has 2 rings (SSSR count). The minimum Gasteiger partial charge on any atom is -0.314 e. The molecule has 1 atom stereocenters. The number of hydrogen-bond donors (Lipinski definition) is 1. The zero-order chi connectivity index (χ0) is 14.9. The van der Waals surface area contributed by atoms with Crippen LogP contribution < -0.4 is 5.32 Å². The summed E-state index contributed by atoms with van der Waals surface area (Å²) in [6.07, 6.45) is 5.06. The summed E-state index contributed by atoms with van der Waals surface area (Å²) in [5, 5.41) is 7.42. The van der Waals surface area contributed by atoms with Crippen molar-refractivity contribution in [3.8, 4) is 0 Å². The van der Waals surface area contributed by atoms with Crippen LogP contribution in [0.2, 0.25) is 0 Å². The molecule has 1 aromatic heterocycles. The lowest BCUT2D eigenvalue weighted by Crippen LogP contribution is -2.39. The van der Waals surface area contributed by atoms with Crippen LogP contribution in [0, 0.1) is 0 Å². The van der Waals surface area contributed by atoms with Crippen molar-refractivity contribution in [3.05, 3.63) is 23.9 Å². The van der Waals surface area contributed by atoms with Gasteiger partial charge in [-0.3, -0.25) is 10.00 Å². The maximum Gasteiger partial charge on any atom is 0.323 e.